The van der Waals surface area contributed by atoms with E-state index in [1.54, 1.807) is 83.8 Å². The summed E-state index contributed by atoms with van der Waals surface area (Å²) in [5.41, 5.74) is 8.82. The van der Waals surface area contributed by atoms with E-state index >= 15 is 0 Å². The van der Waals surface area contributed by atoms with Gasteiger partial charge in [-0.3, -0.25) is 52.7 Å². The lowest BCUT2D eigenvalue weighted by atomic mass is 10.0. The standard InChI is InChI=1S/C77H103ClN24O16S2/c1-95(20-11-17-80-63(104)15-22-115-24-26-117-28-29-118-27-25-116-23-19-81-62(103)14-10-9-13-59-65-53(45-120-59)89-77(114)94-65)21-12-18-82-69(106)54-33-48(39-96(54)2)85-71(108)56-36-51(42-99(56)5)88-76(113)68-91-61(44-102(68)8)93-72(109)57-32-47(38-97(57)3)84-64(105)31-46(79)37-83-75(112)67-90-60(43-101(67)7)92-73(110)58-34-49(40-100(58)6)86-70(107)55-35-50(41-98(55)4)87-74(111)66-52(78)16-30-119-66/h16,30,32-36,38-44,46,53,59,65H,9-15,17-29,31,37,45,79H2,1-8H3,(H,80,104)(H,81,103)(H,82,106)(H,83,112)(H,84,105)(H,85,108)(H,86,107)(H,87,111)(H,88,113)(H,92,110)(H,93,109)(H2,89,94,114)/t46-,53+,59+,65+/m1/s1. The number of carbonyl (C=O) groups is 12. The van der Waals surface area contributed by atoms with E-state index in [4.69, 9.17) is 36.3 Å². The summed E-state index contributed by atoms with van der Waals surface area (Å²) in [6.07, 6.45) is 15.2. The molecular formula is C77H103ClN24O16S2. The average Bonchev–Trinajstić information content (AvgIpc) is 1.69. The molecule has 40 nitrogen and oxygen atoms in total. The van der Waals surface area contributed by atoms with Crippen LogP contribution in [0.5, 0.6) is 0 Å². The van der Waals surface area contributed by atoms with Crippen molar-refractivity contribution in [2.75, 3.05) is 142 Å². The minimum atomic E-state index is -0.866. The summed E-state index contributed by atoms with van der Waals surface area (Å²) in [5, 5.41) is 38.8. The molecule has 2 fully saturated rings. The number of halogens is 1. The lowest BCUT2D eigenvalue weighted by Crippen LogP contribution is -2.40. The number of rotatable bonds is 47. The fraction of sp³-hybridized carbons (Fsp3) is 0.455. The number of thiophene rings is 1. The van der Waals surface area contributed by atoms with Crippen molar-refractivity contribution in [3.8, 4) is 0 Å². The van der Waals surface area contributed by atoms with Crippen LogP contribution in [0, 0.1) is 0 Å². The molecule has 120 heavy (non-hydrogen) atoms. The van der Waals surface area contributed by atoms with E-state index in [2.05, 4.69) is 84.0 Å². The summed E-state index contributed by atoms with van der Waals surface area (Å²) >= 11 is 9.16. The molecular weight excluding hydrogens is 1620 g/mol. The fourth-order valence-electron chi connectivity index (χ4n) is 13.1. The molecule has 10 rings (SSSR count). The first-order valence-corrected chi connectivity index (χ1v) is 41.2. The summed E-state index contributed by atoms with van der Waals surface area (Å²) in [6.45, 7) is 5.59. The van der Waals surface area contributed by atoms with Gasteiger partial charge in [-0.25, -0.2) is 14.8 Å². The second-order valence-electron chi connectivity index (χ2n) is 28.8. The first-order chi connectivity index (χ1) is 57.5. The lowest BCUT2D eigenvalue weighted by Gasteiger charge is -2.17. The fourth-order valence-corrected chi connectivity index (χ4v) is 15.7. The summed E-state index contributed by atoms with van der Waals surface area (Å²) in [4.78, 5) is 167. The molecule has 0 bridgehead atoms. The largest absolute Gasteiger partial charge is 0.379 e. The third-order valence-electron chi connectivity index (χ3n) is 19.2. The third-order valence-corrected chi connectivity index (χ3v) is 22.1. The molecule has 8 aromatic rings. The molecule has 2 aliphatic rings. The number of nitrogens with two attached hydrogens (primary N) is 1. The van der Waals surface area contributed by atoms with Crippen molar-refractivity contribution in [1.29, 1.82) is 0 Å². The summed E-state index contributed by atoms with van der Waals surface area (Å²) < 4.78 is 32.6. The SMILES string of the molecule is CN(CCCNC(=O)CCOCCOCCOCCOCCNC(=O)CCCC[C@@H]1SC[C@@H]2NC(=O)N[C@@H]21)CCCNC(=O)c1cc(NC(=O)c2cc(NC(=O)c3nc(NC(=O)c4cc(NC(=O)C[C@@H](N)CNC(=O)c5nc(NC(=O)c6cc(NC(=O)c7cc(NC(=O)c8sccc8Cl)cn7C)cn6C)cn5C)cn4C)cn3C)cn2C)cn1C. The van der Waals surface area contributed by atoms with Crippen LogP contribution in [0.1, 0.15) is 135 Å². The van der Waals surface area contributed by atoms with E-state index in [-0.39, 0.29) is 119 Å². The molecule has 0 saturated carbocycles. The van der Waals surface area contributed by atoms with Crippen LogP contribution in [0.25, 0.3) is 0 Å². The highest BCUT2D eigenvalue weighted by molar-refractivity contribution is 8.00. The van der Waals surface area contributed by atoms with Gasteiger partial charge in [-0.15, -0.1) is 11.3 Å². The highest BCUT2D eigenvalue weighted by atomic mass is 35.5. The number of nitrogens with one attached hydrogen (secondary N) is 13. The topological polar surface area (TPSA) is 488 Å². The second-order valence-corrected chi connectivity index (χ2v) is 31.4. The van der Waals surface area contributed by atoms with Crippen molar-refractivity contribution < 1.29 is 76.5 Å². The molecule has 646 valence electrons. The van der Waals surface area contributed by atoms with Crippen LogP contribution in [-0.4, -0.2) is 246 Å². The maximum Gasteiger partial charge on any atom is 0.315 e. The Morgan fingerprint density at radius 3 is 1.45 bits per heavy atom. The Hall–Kier alpha value is -11.6. The van der Waals surface area contributed by atoms with Crippen LogP contribution in [0.15, 0.2) is 85.2 Å². The van der Waals surface area contributed by atoms with Crippen molar-refractivity contribution in [2.24, 2.45) is 55.1 Å². The molecule has 0 aromatic carbocycles. The zero-order valence-electron chi connectivity index (χ0n) is 67.9. The summed E-state index contributed by atoms with van der Waals surface area (Å²) in [6, 6.07) is 8.47. The molecule has 0 spiro atoms. The minimum absolute atomic E-state index is 0.00675. The number of nitrogens with zero attached hydrogens (tertiary/aromatic N) is 10. The van der Waals surface area contributed by atoms with Crippen molar-refractivity contribution in [2.45, 2.75) is 74.7 Å². The number of thioether (sulfide) groups is 1. The van der Waals surface area contributed by atoms with Gasteiger partial charge >= 0.3 is 6.03 Å². The molecule has 43 heteroatoms. The average molecular weight is 1720 g/mol. The van der Waals surface area contributed by atoms with Gasteiger partial charge in [0.05, 0.1) is 98.4 Å². The number of hydrogen-bond acceptors (Lipinski definition) is 22. The Labute approximate surface area is 704 Å². The van der Waals surface area contributed by atoms with Gasteiger partial charge < -0.3 is 131 Å². The van der Waals surface area contributed by atoms with E-state index in [0.29, 0.717) is 123 Å². The Bertz CT molecular complexity index is 4970. The lowest BCUT2D eigenvalue weighted by molar-refractivity contribution is -0.122. The highest BCUT2D eigenvalue weighted by Crippen LogP contribution is 2.34. The summed E-state index contributed by atoms with van der Waals surface area (Å²) in [7, 11) is 13.2. The van der Waals surface area contributed by atoms with Gasteiger partial charge in [0.1, 0.15) is 33.3 Å². The van der Waals surface area contributed by atoms with Gasteiger partial charge in [0.15, 0.2) is 11.6 Å². The van der Waals surface area contributed by atoms with E-state index in [9.17, 15) is 57.5 Å². The van der Waals surface area contributed by atoms with Crippen molar-refractivity contribution in [1.82, 2.24) is 78.7 Å². The van der Waals surface area contributed by atoms with Gasteiger partial charge in [-0.2, -0.15) is 11.8 Å². The number of amides is 13. The van der Waals surface area contributed by atoms with Gasteiger partial charge in [0, 0.05) is 155 Å². The van der Waals surface area contributed by atoms with Crippen molar-refractivity contribution in [3.05, 3.63) is 135 Å². The molecule has 0 aliphatic carbocycles. The van der Waals surface area contributed by atoms with E-state index in [0.717, 1.165) is 38.0 Å². The molecule has 0 radical (unpaired) electrons. The normalized spacial score (nSPS) is 14.4. The van der Waals surface area contributed by atoms with Crippen LogP contribution in [-0.2, 0) is 82.7 Å². The summed E-state index contributed by atoms with van der Waals surface area (Å²) in [5.74, 6) is -4.06. The molecule has 2 saturated heterocycles. The number of unbranched alkanes of at least 4 members (excludes halogenated alkanes) is 1. The van der Waals surface area contributed by atoms with Gasteiger partial charge in [-0.05, 0) is 87.6 Å². The minimum Gasteiger partial charge on any atom is -0.379 e. The van der Waals surface area contributed by atoms with E-state index < -0.39 is 53.3 Å². The molecule has 2 aliphatic heterocycles. The molecule has 13 amide bonds. The maximum atomic E-state index is 13.6. The van der Waals surface area contributed by atoms with Crippen LogP contribution < -0.4 is 74.9 Å². The van der Waals surface area contributed by atoms with Crippen LogP contribution in [0.2, 0.25) is 5.02 Å². The van der Waals surface area contributed by atoms with Crippen LogP contribution in [0.4, 0.5) is 44.9 Å². The predicted molar refractivity (Wildman–Crippen MR) is 451 cm³/mol. The zero-order valence-corrected chi connectivity index (χ0v) is 70.3. The maximum absolute atomic E-state index is 13.6. The Morgan fingerprint density at radius 1 is 0.492 bits per heavy atom. The highest BCUT2D eigenvalue weighted by Gasteiger charge is 2.42. The number of anilines is 7. The number of hydrogen-bond donors (Lipinski definition) is 14. The zero-order chi connectivity index (χ0) is 86.1. The molecule has 0 unspecified atom stereocenters. The van der Waals surface area contributed by atoms with Crippen LogP contribution in [0.3, 0.4) is 0 Å². The first-order valence-electron chi connectivity index (χ1n) is 38.9. The number of ether oxygens (including phenoxy) is 4. The molecule has 10 heterocycles. The van der Waals surface area contributed by atoms with E-state index in [1.807, 2.05) is 18.8 Å². The monoisotopic (exact) mass is 1720 g/mol. The number of fused-ring (bicyclic) bond motifs is 1. The Kier molecular flexibility index (Phi) is 33.2. The van der Waals surface area contributed by atoms with Gasteiger partial charge in [-0.1, -0.05) is 18.0 Å². The molecule has 8 aromatic heterocycles. The number of imidazole rings is 2. The number of aromatic nitrogens is 9. The van der Waals surface area contributed by atoms with E-state index in [1.165, 1.54) is 94.0 Å². The van der Waals surface area contributed by atoms with Crippen molar-refractivity contribution >= 4 is 146 Å². The number of aryl methyl sites for hydroxylation is 7. The molecule has 15 N–H and O–H groups in total. The van der Waals surface area contributed by atoms with Crippen molar-refractivity contribution in [3.63, 3.8) is 0 Å². The molecule has 4 atom stereocenters. The Balaban J connectivity index is 0.541. The van der Waals surface area contributed by atoms with Gasteiger partial charge in [0.2, 0.25) is 29.4 Å². The second kappa shape index (κ2) is 43.9. The Morgan fingerprint density at radius 2 is 0.933 bits per heavy atom. The third kappa shape index (κ3) is 26.4. The number of urea groups is 1. The van der Waals surface area contributed by atoms with Crippen LogP contribution >= 0.6 is 34.7 Å². The quantitative estimate of drug-likeness (QED) is 0.0189. The number of carbonyl (C=O) groups excluding carboxylic acids is 12. The predicted octanol–water partition coefficient (Wildman–Crippen LogP) is 4.02. The first kappa shape index (κ1) is 90.7. The smallest absolute Gasteiger partial charge is 0.315 e. The van der Waals surface area contributed by atoms with Gasteiger partial charge in [0.25, 0.3) is 47.3 Å².